The second-order valence-corrected chi connectivity index (χ2v) is 9.63. The highest BCUT2D eigenvalue weighted by Crippen LogP contribution is 2.37. The standard InChI is InChI=1S/C21H16Cl2N4O4S/c1-31-27-17(28)10-9-14-19(18-15(22)7-4-8-16(18)23)25-21(26-20(14)27)24-12-5-3-6-13(11-12)32(2,29)30/h3-11H,1-2H3,(H,24,25,26). The van der Waals surface area contributed by atoms with Crippen LogP contribution in [0.4, 0.5) is 11.6 Å². The molecule has 0 aliphatic rings. The van der Waals surface area contributed by atoms with Gasteiger partial charge in [0.05, 0.1) is 20.6 Å². The highest BCUT2D eigenvalue weighted by molar-refractivity contribution is 7.90. The van der Waals surface area contributed by atoms with Crippen molar-refractivity contribution in [3.8, 4) is 11.3 Å². The van der Waals surface area contributed by atoms with Gasteiger partial charge in [0.15, 0.2) is 15.5 Å². The third-order valence-corrected chi connectivity index (χ3v) is 6.35. The molecule has 11 heteroatoms. The Morgan fingerprint density at radius 1 is 1.00 bits per heavy atom. The molecule has 0 saturated heterocycles. The quantitative estimate of drug-likeness (QED) is 0.451. The molecule has 0 radical (unpaired) electrons. The van der Waals surface area contributed by atoms with Crippen LogP contribution in [0.1, 0.15) is 0 Å². The Balaban J connectivity index is 1.98. The Morgan fingerprint density at radius 2 is 1.69 bits per heavy atom. The number of nitrogens with zero attached hydrogens (tertiary/aromatic N) is 3. The van der Waals surface area contributed by atoms with Crippen molar-refractivity contribution >= 4 is 55.7 Å². The molecular formula is C21H16Cl2N4O4S. The summed E-state index contributed by atoms with van der Waals surface area (Å²) in [6.07, 6.45) is 1.12. The zero-order valence-electron chi connectivity index (χ0n) is 16.8. The van der Waals surface area contributed by atoms with E-state index in [4.69, 9.17) is 28.0 Å². The van der Waals surface area contributed by atoms with E-state index in [0.29, 0.717) is 32.4 Å². The number of sulfone groups is 1. The second-order valence-electron chi connectivity index (χ2n) is 6.80. The molecule has 164 valence electrons. The molecule has 0 atom stereocenters. The number of hydrogen-bond donors (Lipinski definition) is 1. The van der Waals surface area contributed by atoms with E-state index in [2.05, 4.69) is 15.3 Å². The lowest BCUT2D eigenvalue weighted by Crippen LogP contribution is -2.25. The Labute approximate surface area is 193 Å². The van der Waals surface area contributed by atoms with E-state index in [9.17, 15) is 13.2 Å². The second kappa shape index (κ2) is 8.42. The summed E-state index contributed by atoms with van der Waals surface area (Å²) in [5.74, 6) is 0.0885. The largest absolute Gasteiger partial charge is 0.412 e. The van der Waals surface area contributed by atoms with Crippen molar-refractivity contribution in [2.24, 2.45) is 0 Å². The molecule has 0 aliphatic heterocycles. The molecule has 0 amide bonds. The fourth-order valence-corrected chi connectivity index (χ4v) is 4.42. The van der Waals surface area contributed by atoms with Gasteiger partial charge in [-0.25, -0.2) is 13.4 Å². The number of fused-ring (bicyclic) bond motifs is 1. The Bertz CT molecular complexity index is 1500. The summed E-state index contributed by atoms with van der Waals surface area (Å²) in [5, 5.41) is 4.19. The lowest BCUT2D eigenvalue weighted by molar-refractivity contribution is 0.167. The van der Waals surface area contributed by atoms with Gasteiger partial charge in [-0.2, -0.15) is 4.98 Å². The van der Waals surface area contributed by atoms with E-state index >= 15 is 0 Å². The van der Waals surface area contributed by atoms with Crippen LogP contribution in [-0.4, -0.2) is 36.5 Å². The number of aromatic nitrogens is 3. The van der Waals surface area contributed by atoms with Gasteiger partial charge in [0.1, 0.15) is 7.11 Å². The maximum atomic E-state index is 12.3. The third kappa shape index (κ3) is 4.14. The number of nitrogens with one attached hydrogen (secondary N) is 1. The van der Waals surface area contributed by atoms with Crippen LogP contribution in [0.15, 0.2) is 64.3 Å². The number of benzene rings is 2. The van der Waals surface area contributed by atoms with Crippen molar-refractivity contribution in [1.29, 1.82) is 0 Å². The molecule has 0 saturated carbocycles. The van der Waals surface area contributed by atoms with E-state index < -0.39 is 15.4 Å². The summed E-state index contributed by atoms with van der Waals surface area (Å²) >= 11 is 12.8. The highest BCUT2D eigenvalue weighted by atomic mass is 35.5. The minimum atomic E-state index is -3.41. The molecule has 0 unspecified atom stereocenters. The van der Waals surface area contributed by atoms with Gasteiger partial charge in [-0.15, -0.1) is 4.73 Å². The first-order chi connectivity index (χ1) is 15.2. The number of anilines is 2. The monoisotopic (exact) mass is 490 g/mol. The van der Waals surface area contributed by atoms with E-state index in [1.165, 1.54) is 25.3 Å². The molecule has 0 aliphatic carbocycles. The van der Waals surface area contributed by atoms with Crippen molar-refractivity contribution in [2.75, 3.05) is 18.7 Å². The molecule has 4 aromatic rings. The van der Waals surface area contributed by atoms with Crippen LogP contribution in [0, 0.1) is 0 Å². The van der Waals surface area contributed by atoms with E-state index in [0.717, 1.165) is 11.0 Å². The molecule has 32 heavy (non-hydrogen) atoms. The van der Waals surface area contributed by atoms with Crippen LogP contribution in [-0.2, 0) is 9.84 Å². The van der Waals surface area contributed by atoms with Gasteiger partial charge in [0, 0.05) is 29.0 Å². The molecule has 1 N–H and O–H groups in total. The molecule has 0 bridgehead atoms. The summed E-state index contributed by atoms with van der Waals surface area (Å²) in [6.45, 7) is 0. The first-order valence-electron chi connectivity index (χ1n) is 9.19. The average molecular weight is 491 g/mol. The first kappa shape index (κ1) is 22.1. The normalized spacial score (nSPS) is 11.5. The van der Waals surface area contributed by atoms with Crippen molar-refractivity contribution in [3.63, 3.8) is 0 Å². The topological polar surface area (TPSA) is 103 Å². The zero-order valence-corrected chi connectivity index (χ0v) is 19.2. The van der Waals surface area contributed by atoms with Gasteiger partial charge in [-0.05, 0) is 36.4 Å². The summed E-state index contributed by atoms with van der Waals surface area (Å²) in [4.78, 5) is 26.7. The van der Waals surface area contributed by atoms with E-state index in [-0.39, 0.29) is 16.5 Å². The summed E-state index contributed by atoms with van der Waals surface area (Å²) < 4.78 is 24.8. The van der Waals surface area contributed by atoms with Gasteiger partial charge in [-0.3, -0.25) is 4.79 Å². The molecule has 2 heterocycles. The van der Waals surface area contributed by atoms with Crippen LogP contribution in [0.5, 0.6) is 0 Å². The van der Waals surface area contributed by atoms with Gasteiger partial charge < -0.3 is 10.2 Å². The van der Waals surface area contributed by atoms with Crippen LogP contribution in [0.2, 0.25) is 10.0 Å². The van der Waals surface area contributed by atoms with Crippen LogP contribution in [0.25, 0.3) is 22.3 Å². The minimum Gasteiger partial charge on any atom is -0.412 e. The predicted molar refractivity (Wildman–Crippen MR) is 125 cm³/mol. The first-order valence-corrected chi connectivity index (χ1v) is 11.8. The molecule has 2 aromatic heterocycles. The molecule has 2 aromatic carbocycles. The van der Waals surface area contributed by atoms with Gasteiger partial charge >= 0.3 is 0 Å². The van der Waals surface area contributed by atoms with Crippen molar-refractivity contribution < 1.29 is 13.3 Å². The SMILES string of the molecule is COn1c(=O)ccc2c(-c3c(Cl)cccc3Cl)nc(Nc3cccc(S(C)(=O)=O)c3)nc21. The van der Waals surface area contributed by atoms with Crippen molar-refractivity contribution in [1.82, 2.24) is 14.7 Å². The summed E-state index contributed by atoms with van der Waals surface area (Å²) in [7, 11) is -2.07. The lowest BCUT2D eigenvalue weighted by Gasteiger charge is -2.15. The number of rotatable bonds is 5. The molecule has 0 fully saturated rings. The maximum Gasteiger partial charge on any atom is 0.285 e. The molecular weight excluding hydrogens is 475 g/mol. The molecule has 4 rings (SSSR count). The fourth-order valence-electron chi connectivity index (χ4n) is 3.17. The minimum absolute atomic E-state index is 0.0885. The van der Waals surface area contributed by atoms with E-state index in [1.54, 1.807) is 36.4 Å². The third-order valence-electron chi connectivity index (χ3n) is 4.61. The van der Waals surface area contributed by atoms with Gasteiger partial charge in [-0.1, -0.05) is 35.3 Å². The Hall–Kier alpha value is -3.14. The van der Waals surface area contributed by atoms with E-state index in [1.807, 2.05) is 0 Å². The summed E-state index contributed by atoms with van der Waals surface area (Å²) in [5.41, 5.74) is 1.02. The summed E-state index contributed by atoms with van der Waals surface area (Å²) in [6, 6.07) is 14.1. The lowest BCUT2D eigenvalue weighted by atomic mass is 10.1. The van der Waals surface area contributed by atoms with Crippen molar-refractivity contribution in [3.05, 3.63) is 75.0 Å². The van der Waals surface area contributed by atoms with Crippen LogP contribution in [0.3, 0.4) is 0 Å². The Morgan fingerprint density at radius 3 is 2.34 bits per heavy atom. The van der Waals surface area contributed by atoms with Crippen LogP contribution >= 0.6 is 23.2 Å². The highest BCUT2D eigenvalue weighted by Gasteiger charge is 2.19. The Kier molecular flexibility index (Phi) is 5.81. The molecule has 0 spiro atoms. The zero-order chi connectivity index (χ0) is 23.0. The van der Waals surface area contributed by atoms with Crippen LogP contribution < -0.4 is 15.7 Å². The number of halogens is 2. The maximum absolute atomic E-state index is 12.3. The number of pyridine rings is 1. The molecule has 8 nitrogen and oxygen atoms in total. The predicted octanol–water partition coefficient (Wildman–Crippen LogP) is 3.97. The van der Waals surface area contributed by atoms with Gasteiger partial charge in [0.25, 0.3) is 5.56 Å². The fraction of sp³-hybridized carbons (Fsp3) is 0.0952. The number of hydrogen-bond acceptors (Lipinski definition) is 7. The average Bonchev–Trinajstić information content (AvgIpc) is 2.73. The van der Waals surface area contributed by atoms with Gasteiger partial charge in [0.2, 0.25) is 5.95 Å². The van der Waals surface area contributed by atoms with Crippen molar-refractivity contribution in [2.45, 2.75) is 4.90 Å². The smallest absolute Gasteiger partial charge is 0.285 e.